The van der Waals surface area contributed by atoms with Crippen molar-refractivity contribution >= 4 is 34.0 Å². The second-order valence-electron chi connectivity index (χ2n) is 4.40. The van der Waals surface area contributed by atoms with Gasteiger partial charge in [-0.15, -0.1) is 12.4 Å². The zero-order valence-corrected chi connectivity index (χ0v) is 12.7. The van der Waals surface area contributed by atoms with Crippen LogP contribution in [0.15, 0.2) is 23.4 Å². The lowest BCUT2D eigenvalue weighted by molar-refractivity contribution is 0.376. The van der Waals surface area contributed by atoms with Gasteiger partial charge < -0.3 is 5.32 Å². The molecular weight excluding hydrogens is 309 g/mol. The lowest BCUT2D eigenvalue weighted by Gasteiger charge is -2.22. The van der Waals surface area contributed by atoms with Crippen LogP contribution in [-0.4, -0.2) is 33.0 Å². The molecule has 1 aliphatic rings. The maximum absolute atomic E-state index is 12.0. The van der Waals surface area contributed by atoms with Crippen molar-refractivity contribution in [1.29, 1.82) is 0 Å². The summed E-state index contributed by atoms with van der Waals surface area (Å²) in [5.41, 5.74) is 0. The fraction of sp³-hybridized carbons (Fsp3) is 0.545. The summed E-state index contributed by atoms with van der Waals surface area (Å²) in [5.74, 6) is 0.348. The highest BCUT2D eigenvalue weighted by molar-refractivity contribution is 7.89. The van der Waals surface area contributed by atoms with Gasteiger partial charge in [-0.3, -0.25) is 4.98 Å². The molecule has 1 aromatic heterocycles. The molecule has 1 atom stereocenters. The van der Waals surface area contributed by atoms with Crippen LogP contribution in [0.2, 0.25) is 5.02 Å². The number of hydrogen-bond acceptors (Lipinski definition) is 4. The quantitative estimate of drug-likeness (QED) is 0.878. The number of nitrogens with one attached hydrogen (secondary N) is 2. The van der Waals surface area contributed by atoms with E-state index >= 15 is 0 Å². The van der Waals surface area contributed by atoms with Crippen molar-refractivity contribution in [2.75, 3.05) is 19.6 Å². The SMILES string of the molecule is Cl.O=S(=O)(NCC1CCCNC1)c1cncc(Cl)c1. The van der Waals surface area contributed by atoms with Gasteiger partial charge in [0.25, 0.3) is 0 Å². The molecule has 0 bridgehead atoms. The zero-order valence-electron chi connectivity index (χ0n) is 10.3. The lowest BCUT2D eigenvalue weighted by atomic mass is 10.0. The summed E-state index contributed by atoms with van der Waals surface area (Å²) in [5, 5.41) is 3.57. The van der Waals surface area contributed by atoms with Gasteiger partial charge >= 0.3 is 0 Å². The highest BCUT2D eigenvalue weighted by atomic mass is 35.5. The third kappa shape index (κ3) is 4.89. The molecule has 1 unspecified atom stereocenters. The molecule has 2 N–H and O–H groups in total. The van der Waals surface area contributed by atoms with E-state index in [0.717, 1.165) is 25.9 Å². The Labute approximate surface area is 124 Å². The second kappa shape index (κ2) is 7.40. The molecule has 8 heteroatoms. The van der Waals surface area contributed by atoms with Gasteiger partial charge in [0.1, 0.15) is 4.90 Å². The Morgan fingerprint density at radius 1 is 1.47 bits per heavy atom. The smallest absolute Gasteiger partial charge is 0.242 e. The van der Waals surface area contributed by atoms with Gasteiger partial charge in [0.15, 0.2) is 0 Å². The first kappa shape index (κ1) is 16.7. The summed E-state index contributed by atoms with van der Waals surface area (Å²) in [6.07, 6.45) is 4.84. The third-order valence-electron chi connectivity index (χ3n) is 2.95. The van der Waals surface area contributed by atoms with Gasteiger partial charge in [-0.05, 0) is 37.9 Å². The summed E-state index contributed by atoms with van der Waals surface area (Å²) in [7, 11) is -3.51. The Morgan fingerprint density at radius 2 is 2.26 bits per heavy atom. The molecule has 1 aliphatic heterocycles. The predicted molar refractivity (Wildman–Crippen MR) is 77.3 cm³/mol. The summed E-state index contributed by atoms with van der Waals surface area (Å²) in [4.78, 5) is 3.89. The fourth-order valence-corrected chi connectivity index (χ4v) is 3.29. The molecule has 0 saturated carbocycles. The minimum Gasteiger partial charge on any atom is -0.316 e. The molecule has 19 heavy (non-hydrogen) atoms. The lowest BCUT2D eigenvalue weighted by Crippen LogP contribution is -2.38. The van der Waals surface area contributed by atoms with E-state index in [9.17, 15) is 8.42 Å². The van der Waals surface area contributed by atoms with Crippen molar-refractivity contribution in [2.45, 2.75) is 17.7 Å². The van der Waals surface area contributed by atoms with Crippen LogP contribution in [0.25, 0.3) is 0 Å². The normalized spacial score (nSPS) is 19.7. The van der Waals surface area contributed by atoms with Crippen LogP contribution in [0.1, 0.15) is 12.8 Å². The van der Waals surface area contributed by atoms with Crippen LogP contribution < -0.4 is 10.0 Å². The van der Waals surface area contributed by atoms with E-state index in [1.807, 2.05) is 0 Å². The molecule has 0 aromatic carbocycles. The van der Waals surface area contributed by atoms with Gasteiger partial charge in [-0.1, -0.05) is 11.6 Å². The average Bonchev–Trinajstić information content (AvgIpc) is 2.38. The molecule has 2 heterocycles. The molecular formula is C11H17Cl2N3O2S. The van der Waals surface area contributed by atoms with E-state index in [-0.39, 0.29) is 17.3 Å². The van der Waals surface area contributed by atoms with Crippen molar-refractivity contribution in [3.05, 3.63) is 23.5 Å². The average molecular weight is 326 g/mol. The number of sulfonamides is 1. The predicted octanol–water partition coefficient (Wildman–Crippen LogP) is 1.43. The van der Waals surface area contributed by atoms with Crippen molar-refractivity contribution in [2.24, 2.45) is 5.92 Å². The molecule has 5 nitrogen and oxygen atoms in total. The molecule has 1 aromatic rings. The first-order valence-electron chi connectivity index (χ1n) is 5.89. The van der Waals surface area contributed by atoms with Crippen LogP contribution in [0, 0.1) is 5.92 Å². The van der Waals surface area contributed by atoms with E-state index in [1.54, 1.807) is 0 Å². The Kier molecular flexibility index (Phi) is 6.49. The first-order chi connectivity index (χ1) is 8.58. The number of rotatable bonds is 4. The van der Waals surface area contributed by atoms with E-state index < -0.39 is 10.0 Å². The fourth-order valence-electron chi connectivity index (χ4n) is 1.95. The Hall–Kier alpha value is -0.400. The highest BCUT2D eigenvalue weighted by Gasteiger charge is 2.19. The maximum atomic E-state index is 12.0. The highest BCUT2D eigenvalue weighted by Crippen LogP contribution is 2.14. The molecule has 2 rings (SSSR count). The summed E-state index contributed by atoms with van der Waals surface area (Å²) < 4.78 is 26.6. The monoisotopic (exact) mass is 325 g/mol. The Bertz CT molecular complexity index is 504. The molecule has 1 saturated heterocycles. The van der Waals surface area contributed by atoms with Gasteiger partial charge in [-0.25, -0.2) is 13.1 Å². The van der Waals surface area contributed by atoms with Crippen LogP contribution in [0.3, 0.4) is 0 Å². The van der Waals surface area contributed by atoms with Crippen LogP contribution >= 0.6 is 24.0 Å². The zero-order chi connectivity index (χ0) is 13.0. The van der Waals surface area contributed by atoms with Crippen LogP contribution in [0.4, 0.5) is 0 Å². The van der Waals surface area contributed by atoms with Crippen LogP contribution in [-0.2, 0) is 10.0 Å². The second-order valence-corrected chi connectivity index (χ2v) is 6.61. The van der Waals surface area contributed by atoms with Gasteiger partial charge in [-0.2, -0.15) is 0 Å². The summed E-state index contributed by atoms with van der Waals surface area (Å²) in [6.45, 7) is 2.32. The molecule has 108 valence electrons. The summed E-state index contributed by atoms with van der Waals surface area (Å²) >= 11 is 5.74. The van der Waals surface area contributed by atoms with Crippen molar-refractivity contribution in [3.63, 3.8) is 0 Å². The summed E-state index contributed by atoms with van der Waals surface area (Å²) in [6, 6.07) is 1.40. The van der Waals surface area contributed by atoms with Crippen molar-refractivity contribution in [3.8, 4) is 0 Å². The molecule has 1 fully saturated rings. The number of aromatic nitrogens is 1. The molecule has 0 amide bonds. The number of pyridine rings is 1. The minimum atomic E-state index is -3.51. The van der Waals surface area contributed by atoms with Gasteiger partial charge in [0.05, 0.1) is 5.02 Å². The molecule has 0 aliphatic carbocycles. The van der Waals surface area contributed by atoms with Crippen molar-refractivity contribution < 1.29 is 8.42 Å². The number of nitrogens with zero attached hydrogens (tertiary/aromatic N) is 1. The standard InChI is InChI=1S/C11H16ClN3O2S.ClH/c12-10-4-11(8-14-7-10)18(16,17)15-6-9-2-1-3-13-5-9;/h4,7-9,13,15H,1-3,5-6H2;1H. The maximum Gasteiger partial charge on any atom is 0.242 e. The molecule has 0 radical (unpaired) electrons. The number of piperidine rings is 1. The Morgan fingerprint density at radius 3 is 2.89 bits per heavy atom. The first-order valence-corrected chi connectivity index (χ1v) is 7.75. The van der Waals surface area contributed by atoms with Gasteiger partial charge in [0.2, 0.25) is 10.0 Å². The molecule has 0 spiro atoms. The Balaban J connectivity index is 0.00000180. The van der Waals surface area contributed by atoms with E-state index in [2.05, 4.69) is 15.0 Å². The third-order valence-corrected chi connectivity index (χ3v) is 4.55. The number of hydrogen-bond donors (Lipinski definition) is 2. The van der Waals surface area contributed by atoms with E-state index in [1.165, 1.54) is 18.5 Å². The minimum absolute atomic E-state index is 0. The topological polar surface area (TPSA) is 71.1 Å². The van der Waals surface area contributed by atoms with Crippen LogP contribution in [0.5, 0.6) is 0 Å². The largest absolute Gasteiger partial charge is 0.316 e. The van der Waals surface area contributed by atoms with E-state index in [4.69, 9.17) is 11.6 Å². The van der Waals surface area contributed by atoms with Crippen molar-refractivity contribution in [1.82, 2.24) is 15.0 Å². The number of halogens is 2. The van der Waals surface area contributed by atoms with E-state index in [0.29, 0.717) is 17.5 Å². The van der Waals surface area contributed by atoms with Gasteiger partial charge in [0, 0.05) is 18.9 Å².